The summed E-state index contributed by atoms with van der Waals surface area (Å²) in [4.78, 5) is 26.5. The van der Waals surface area contributed by atoms with E-state index in [1.165, 1.54) is 41.1 Å². The Morgan fingerprint density at radius 3 is 2.32 bits per heavy atom. The third-order valence-corrected chi connectivity index (χ3v) is 6.46. The summed E-state index contributed by atoms with van der Waals surface area (Å²) >= 11 is 0. The number of nitrogens with zero attached hydrogens (tertiary/aromatic N) is 4. The second kappa shape index (κ2) is 11.8. The fraction of sp³-hybridized carbons (Fsp3) is 0.357. The molecule has 1 aromatic carbocycles. The quantitative estimate of drug-likeness (QED) is 0.277. The minimum atomic E-state index is -4.36. The van der Waals surface area contributed by atoms with Gasteiger partial charge in [0.05, 0.1) is 24.4 Å². The van der Waals surface area contributed by atoms with Crippen molar-refractivity contribution in [1.82, 2.24) is 19.5 Å². The number of fused-ring (bicyclic) bond motifs is 1. The van der Waals surface area contributed by atoms with E-state index in [9.17, 15) is 26.7 Å². The van der Waals surface area contributed by atoms with Gasteiger partial charge in [0.25, 0.3) is 5.56 Å². The molecule has 0 amide bonds. The van der Waals surface area contributed by atoms with Gasteiger partial charge in [0.1, 0.15) is 17.2 Å². The van der Waals surface area contributed by atoms with Gasteiger partial charge >= 0.3 is 6.18 Å². The van der Waals surface area contributed by atoms with Crippen LogP contribution < -0.4 is 5.56 Å². The number of benzene rings is 1. The van der Waals surface area contributed by atoms with Gasteiger partial charge in [-0.25, -0.2) is 13.8 Å². The third-order valence-electron chi connectivity index (χ3n) is 6.46. The summed E-state index contributed by atoms with van der Waals surface area (Å²) in [6.45, 7) is 1.70. The first-order valence-electron chi connectivity index (χ1n) is 12.4. The lowest BCUT2D eigenvalue weighted by molar-refractivity contribution is -0.127. The first-order valence-corrected chi connectivity index (χ1v) is 12.4. The van der Waals surface area contributed by atoms with Crippen LogP contribution in [0, 0.1) is 18.6 Å². The van der Waals surface area contributed by atoms with E-state index < -0.39 is 24.2 Å². The molecule has 3 heterocycles. The van der Waals surface area contributed by atoms with Gasteiger partial charge in [-0.3, -0.25) is 19.3 Å². The molecule has 5 nitrogen and oxygen atoms in total. The second-order valence-electron chi connectivity index (χ2n) is 9.39. The lowest BCUT2D eigenvalue weighted by Gasteiger charge is -2.23. The fourth-order valence-corrected chi connectivity index (χ4v) is 4.69. The first-order chi connectivity index (χ1) is 18.1. The topological polar surface area (TPSA) is 60.7 Å². The summed E-state index contributed by atoms with van der Waals surface area (Å²) in [5.74, 6) is -0.932. The Morgan fingerprint density at radius 1 is 0.974 bits per heavy atom. The van der Waals surface area contributed by atoms with Crippen LogP contribution in [0.1, 0.15) is 60.5 Å². The third kappa shape index (κ3) is 6.99. The molecule has 0 aliphatic heterocycles. The fourth-order valence-electron chi connectivity index (χ4n) is 4.69. The number of aryl methyl sites for hydroxylation is 1. The maximum absolute atomic E-state index is 13.4. The average molecular weight is 531 g/mol. The number of rotatable bonds is 4. The molecular weight excluding hydrogens is 503 g/mol. The van der Waals surface area contributed by atoms with E-state index in [0.717, 1.165) is 38.2 Å². The van der Waals surface area contributed by atoms with E-state index in [1.54, 1.807) is 13.1 Å². The molecule has 1 aliphatic rings. The number of halogens is 5. The van der Waals surface area contributed by atoms with Gasteiger partial charge in [0.2, 0.25) is 0 Å². The lowest BCUT2D eigenvalue weighted by Crippen LogP contribution is -2.29. The largest absolute Gasteiger partial charge is 0.393 e. The SMILES string of the molecule is Cc1cnc2cc(C3CCCCC3)c(=O)n(Cc3ncccc3CC(F)(F)F)c2n1.Fc1cccc(F)c1. The van der Waals surface area contributed by atoms with Crippen molar-refractivity contribution in [3.05, 3.63) is 99.4 Å². The van der Waals surface area contributed by atoms with Crippen LogP contribution in [0.25, 0.3) is 11.2 Å². The zero-order valence-electron chi connectivity index (χ0n) is 20.8. The molecule has 1 aliphatic carbocycles. The number of hydrogen-bond donors (Lipinski definition) is 0. The Kier molecular flexibility index (Phi) is 8.48. The molecule has 0 bridgehead atoms. The standard InChI is InChI=1S/C22H23F3N4O.C6H4F2/c1-14-12-27-18-10-17(15-6-3-2-4-7-15)21(30)29(20(18)28-14)13-19-16(8-5-9-26-19)11-22(23,24)25;7-5-2-1-3-6(8)4-5/h5,8-10,12,15H,2-4,6-7,11,13H2,1H3;1-4H. The van der Waals surface area contributed by atoms with Gasteiger partial charge in [-0.1, -0.05) is 31.4 Å². The molecule has 1 saturated carbocycles. The van der Waals surface area contributed by atoms with E-state index in [1.807, 2.05) is 6.07 Å². The number of alkyl halides is 3. The van der Waals surface area contributed by atoms with E-state index in [-0.39, 0.29) is 29.3 Å². The number of aromatic nitrogens is 4. The van der Waals surface area contributed by atoms with Crippen molar-refractivity contribution in [2.24, 2.45) is 0 Å². The van der Waals surface area contributed by atoms with Crippen LogP contribution in [-0.2, 0) is 13.0 Å². The summed E-state index contributed by atoms with van der Waals surface area (Å²) in [7, 11) is 0. The van der Waals surface area contributed by atoms with Crippen molar-refractivity contribution in [3.63, 3.8) is 0 Å². The number of pyridine rings is 2. The smallest absolute Gasteiger partial charge is 0.285 e. The second-order valence-corrected chi connectivity index (χ2v) is 9.39. The first kappa shape index (κ1) is 27.3. The molecule has 4 aromatic rings. The normalized spacial score (nSPS) is 14.3. The monoisotopic (exact) mass is 530 g/mol. The molecular formula is C28H27F5N4O. The van der Waals surface area contributed by atoms with Gasteiger partial charge in [-0.2, -0.15) is 13.2 Å². The average Bonchev–Trinajstić information content (AvgIpc) is 2.87. The van der Waals surface area contributed by atoms with Gasteiger partial charge < -0.3 is 0 Å². The molecule has 200 valence electrons. The molecule has 3 aromatic heterocycles. The van der Waals surface area contributed by atoms with Gasteiger partial charge in [-0.15, -0.1) is 0 Å². The van der Waals surface area contributed by atoms with Crippen molar-refractivity contribution in [2.75, 3.05) is 0 Å². The Balaban J connectivity index is 0.000000360. The van der Waals surface area contributed by atoms with Gasteiger partial charge in [-0.05, 0) is 55.5 Å². The van der Waals surface area contributed by atoms with Gasteiger partial charge in [0.15, 0.2) is 5.65 Å². The minimum Gasteiger partial charge on any atom is -0.285 e. The Hall–Kier alpha value is -3.69. The van der Waals surface area contributed by atoms with Crippen LogP contribution >= 0.6 is 0 Å². The Morgan fingerprint density at radius 2 is 1.68 bits per heavy atom. The van der Waals surface area contributed by atoms with Crippen LogP contribution in [0.2, 0.25) is 0 Å². The molecule has 0 atom stereocenters. The zero-order chi connectivity index (χ0) is 27.3. The summed E-state index contributed by atoms with van der Waals surface area (Å²) < 4.78 is 64.4. The lowest BCUT2D eigenvalue weighted by atomic mass is 9.84. The molecule has 0 N–H and O–H groups in total. The Labute approximate surface area is 216 Å². The maximum atomic E-state index is 13.4. The summed E-state index contributed by atoms with van der Waals surface area (Å²) in [6.07, 6.45) is 2.80. The van der Waals surface area contributed by atoms with Crippen molar-refractivity contribution >= 4 is 11.2 Å². The molecule has 0 saturated heterocycles. The molecule has 0 spiro atoms. The summed E-state index contributed by atoms with van der Waals surface area (Å²) in [5.41, 5.74) is 2.34. The highest BCUT2D eigenvalue weighted by Crippen LogP contribution is 2.32. The Bertz CT molecular complexity index is 1440. The van der Waals surface area contributed by atoms with Crippen molar-refractivity contribution < 1.29 is 22.0 Å². The molecule has 10 heteroatoms. The molecule has 5 rings (SSSR count). The highest BCUT2D eigenvalue weighted by atomic mass is 19.4. The summed E-state index contributed by atoms with van der Waals surface area (Å²) in [6, 6.07) is 9.25. The highest BCUT2D eigenvalue weighted by molar-refractivity contribution is 5.71. The van der Waals surface area contributed by atoms with Crippen LogP contribution in [-0.4, -0.2) is 25.7 Å². The zero-order valence-corrected chi connectivity index (χ0v) is 20.8. The number of hydrogen-bond acceptors (Lipinski definition) is 4. The van der Waals surface area contributed by atoms with E-state index in [2.05, 4.69) is 15.0 Å². The van der Waals surface area contributed by atoms with E-state index in [0.29, 0.717) is 22.4 Å². The van der Waals surface area contributed by atoms with Gasteiger partial charge in [0, 0.05) is 24.0 Å². The van der Waals surface area contributed by atoms with Crippen LogP contribution in [0.15, 0.2) is 59.7 Å². The molecule has 0 unspecified atom stereocenters. The minimum absolute atomic E-state index is 0.0636. The highest BCUT2D eigenvalue weighted by Gasteiger charge is 2.29. The molecule has 0 radical (unpaired) electrons. The molecule has 38 heavy (non-hydrogen) atoms. The van der Waals surface area contributed by atoms with Crippen molar-refractivity contribution in [1.29, 1.82) is 0 Å². The van der Waals surface area contributed by atoms with Crippen LogP contribution in [0.4, 0.5) is 22.0 Å². The predicted molar refractivity (Wildman–Crippen MR) is 134 cm³/mol. The summed E-state index contributed by atoms with van der Waals surface area (Å²) in [5, 5.41) is 0. The predicted octanol–water partition coefficient (Wildman–Crippen LogP) is 6.66. The van der Waals surface area contributed by atoms with Crippen LogP contribution in [0.5, 0.6) is 0 Å². The van der Waals surface area contributed by atoms with Crippen molar-refractivity contribution in [2.45, 2.75) is 64.1 Å². The van der Waals surface area contributed by atoms with Crippen molar-refractivity contribution in [3.8, 4) is 0 Å². The maximum Gasteiger partial charge on any atom is 0.393 e. The van der Waals surface area contributed by atoms with E-state index in [4.69, 9.17) is 0 Å². The van der Waals surface area contributed by atoms with Crippen LogP contribution in [0.3, 0.4) is 0 Å². The van der Waals surface area contributed by atoms with E-state index >= 15 is 0 Å². The molecule has 1 fully saturated rings.